The van der Waals surface area contributed by atoms with Crippen LogP contribution in [0.1, 0.15) is 47.3 Å². The van der Waals surface area contributed by atoms with E-state index in [2.05, 4.69) is 15.6 Å². The first-order valence-corrected chi connectivity index (χ1v) is 11.4. The molecule has 1 aromatic heterocycles. The summed E-state index contributed by atoms with van der Waals surface area (Å²) in [7, 11) is 0. The van der Waals surface area contributed by atoms with Gasteiger partial charge in [-0.25, -0.2) is 14.4 Å². The van der Waals surface area contributed by atoms with Crippen LogP contribution >= 0.6 is 0 Å². The smallest absolute Gasteiger partial charge is 0.408 e. The summed E-state index contributed by atoms with van der Waals surface area (Å²) in [6, 6.07) is -0.415. The number of aliphatic hydroxyl groups excluding tert-OH is 2. The Kier molecular flexibility index (Phi) is 9.68. The maximum atomic E-state index is 14.3. The number of alkyl halides is 2. The molecule has 1 saturated heterocycles. The van der Waals surface area contributed by atoms with Crippen molar-refractivity contribution in [1.29, 1.82) is 0 Å². The van der Waals surface area contributed by atoms with Crippen LogP contribution in [0.25, 0.3) is 0 Å². The number of ether oxygens (including phenoxy) is 3. The van der Waals surface area contributed by atoms with E-state index in [0.29, 0.717) is 4.57 Å². The average Bonchev–Trinajstić information content (AvgIpc) is 2.99. The third kappa shape index (κ3) is 8.16. The molecule has 2 amide bonds. The van der Waals surface area contributed by atoms with Crippen LogP contribution in [0.15, 0.2) is 17.1 Å². The Balaban J connectivity index is 2.13. The second-order valence-corrected chi connectivity index (χ2v) is 9.81. The summed E-state index contributed by atoms with van der Waals surface area (Å²) in [6.45, 7) is 7.54. The first-order valence-electron chi connectivity index (χ1n) is 11.4. The van der Waals surface area contributed by atoms with Crippen molar-refractivity contribution in [3.8, 4) is 0 Å². The van der Waals surface area contributed by atoms with Crippen LogP contribution in [-0.4, -0.2) is 80.7 Å². The normalized spacial score (nSPS) is 21.8. The molecule has 1 fully saturated rings. The molecule has 0 spiro atoms. The quantitative estimate of drug-likeness (QED) is 0.327. The number of rotatable bonds is 9. The van der Waals surface area contributed by atoms with E-state index in [9.17, 15) is 33.1 Å². The lowest BCUT2D eigenvalue weighted by atomic mass is 10.1. The minimum absolute atomic E-state index is 0.0133. The fourth-order valence-electron chi connectivity index (χ4n) is 3.15. The number of esters is 1. The highest BCUT2D eigenvalue weighted by Crippen LogP contribution is 2.41. The Morgan fingerprint density at radius 2 is 1.95 bits per heavy atom. The van der Waals surface area contributed by atoms with Crippen LogP contribution in [0, 0.1) is 5.92 Å². The maximum absolute atomic E-state index is 14.3. The Hall–Kier alpha value is -3.17. The summed E-state index contributed by atoms with van der Waals surface area (Å²) >= 11 is 0. The summed E-state index contributed by atoms with van der Waals surface area (Å²) in [6.07, 6.45) is -6.91. The van der Waals surface area contributed by atoms with Crippen LogP contribution in [0.5, 0.6) is 0 Å². The zero-order valence-corrected chi connectivity index (χ0v) is 21.1. The van der Waals surface area contributed by atoms with Gasteiger partial charge in [-0.3, -0.25) is 9.36 Å². The summed E-state index contributed by atoms with van der Waals surface area (Å²) in [5.41, 5.74) is -2.12. The number of amides is 2. The first-order chi connectivity index (χ1) is 17.0. The van der Waals surface area contributed by atoms with Crippen LogP contribution in [0.4, 0.5) is 19.4 Å². The minimum atomic E-state index is -3.90. The van der Waals surface area contributed by atoms with Gasteiger partial charge in [-0.15, -0.1) is 0 Å². The van der Waals surface area contributed by atoms with Gasteiger partial charge in [0.1, 0.15) is 23.6 Å². The summed E-state index contributed by atoms with van der Waals surface area (Å²) in [5, 5.41) is 23.2. The van der Waals surface area contributed by atoms with Gasteiger partial charge in [-0.05, 0) is 32.8 Å². The number of nitrogens with one attached hydrogen (secondary N) is 2. The van der Waals surface area contributed by atoms with E-state index in [1.807, 2.05) is 0 Å². The fraction of sp³-hybridized carbons (Fsp3) is 0.682. The molecule has 0 saturated carbocycles. The predicted octanol–water partition coefficient (Wildman–Crippen LogP) is 0.550. The molecule has 2 unspecified atom stereocenters. The van der Waals surface area contributed by atoms with Crippen molar-refractivity contribution in [3.63, 3.8) is 0 Å². The van der Waals surface area contributed by atoms with E-state index < -0.39 is 72.7 Å². The summed E-state index contributed by atoms with van der Waals surface area (Å²) in [5.74, 6) is -6.00. The van der Waals surface area contributed by atoms with Crippen molar-refractivity contribution in [2.75, 3.05) is 18.5 Å². The van der Waals surface area contributed by atoms with Crippen molar-refractivity contribution in [1.82, 2.24) is 14.9 Å². The number of carbonyl (C=O) groups is 3. The van der Waals surface area contributed by atoms with E-state index in [1.165, 1.54) is 0 Å². The van der Waals surface area contributed by atoms with Gasteiger partial charge in [-0.2, -0.15) is 13.8 Å². The monoisotopic (exact) mass is 534 g/mol. The topological polar surface area (TPSA) is 178 Å². The lowest BCUT2D eigenvalue weighted by Crippen LogP contribution is -2.46. The number of nitrogens with zero attached hydrogens (tertiary/aromatic N) is 2. The highest BCUT2D eigenvalue weighted by atomic mass is 19.3. The molecule has 0 radical (unpaired) electrons. The standard InChI is InChI=1S/C22H32F2N4O9/c1-11(2)10-35-17(32)12(25-20(34)37-21(3,4)5)8-15(30)26-14-6-7-28(19(33)27-14)18-22(23,24)16(31)13(9-29)36-18/h6-7,11-13,16,18,29,31H,8-10H2,1-5H3,(H,25,34)(H,26,27,30,33)/t12?,13-,16?,18-/m1/s1. The van der Waals surface area contributed by atoms with Gasteiger partial charge < -0.3 is 35.1 Å². The van der Waals surface area contributed by atoms with Crippen molar-refractivity contribution in [3.05, 3.63) is 22.7 Å². The number of hydrogen-bond acceptors (Lipinski definition) is 10. The van der Waals surface area contributed by atoms with Gasteiger partial charge in [-0.1, -0.05) is 13.8 Å². The minimum Gasteiger partial charge on any atom is -0.464 e. The van der Waals surface area contributed by atoms with Gasteiger partial charge in [0.2, 0.25) is 12.1 Å². The van der Waals surface area contributed by atoms with E-state index in [4.69, 9.17) is 19.3 Å². The third-order valence-corrected chi connectivity index (χ3v) is 4.83. The highest BCUT2D eigenvalue weighted by molar-refractivity contribution is 5.94. The molecule has 15 heteroatoms. The van der Waals surface area contributed by atoms with E-state index >= 15 is 0 Å². The van der Waals surface area contributed by atoms with E-state index in [0.717, 1.165) is 12.3 Å². The SMILES string of the molecule is CC(C)COC(=O)C(CC(=O)Nc1ccn([C@@H]2O[C@H](CO)C(O)C2(F)F)c(=O)n1)NC(=O)OC(C)(C)C. The largest absolute Gasteiger partial charge is 0.464 e. The zero-order chi connectivity index (χ0) is 28.1. The van der Waals surface area contributed by atoms with Crippen molar-refractivity contribution in [2.45, 2.75) is 77.0 Å². The van der Waals surface area contributed by atoms with Crippen molar-refractivity contribution in [2.24, 2.45) is 5.92 Å². The molecule has 1 aliphatic heterocycles. The number of anilines is 1. The molecule has 37 heavy (non-hydrogen) atoms. The third-order valence-electron chi connectivity index (χ3n) is 4.83. The maximum Gasteiger partial charge on any atom is 0.408 e. The second-order valence-electron chi connectivity index (χ2n) is 9.81. The molecule has 2 heterocycles. The molecule has 0 aromatic carbocycles. The predicted molar refractivity (Wildman–Crippen MR) is 123 cm³/mol. The van der Waals surface area contributed by atoms with Gasteiger partial charge in [0.05, 0.1) is 19.6 Å². The van der Waals surface area contributed by atoms with Crippen LogP contribution < -0.4 is 16.3 Å². The van der Waals surface area contributed by atoms with Crippen LogP contribution in [0.2, 0.25) is 0 Å². The Labute approximate surface area is 211 Å². The van der Waals surface area contributed by atoms with Crippen molar-refractivity contribution >= 4 is 23.8 Å². The number of alkyl carbamates (subject to hydrolysis) is 1. The van der Waals surface area contributed by atoms with E-state index in [1.54, 1.807) is 34.6 Å². The average molecular weight is 535 g/mol. The molecule has 208 valence electrons. The first kappa shape index (κ1) is 30.1. The second kappa shape index (κ2) is 11.9. The number of aliphatic hydroxyl groups is 2. The van der Waals surface area contributed by atoms with Gasteiger partial charge in [0.15, 0.2) is 6.10 Å². The zero-order valence-electron chi connectivity index (χ0n) is 21.1. The molecule has 2 rings (SSSR count). The van der Waals surface area contributed by atoms with Crippen molar-refractivity contribution < 1.29 is 47.6 Å². The number of hydrogen-bond donors (Lipinski definition) is 4. The highest BCUT2D eigenvalue weighted by Gasteiger charge is 2.59. The van der Waals surface area contributed by atoms with Gasteiger partial charge in [0, 0.05) is 6.20 Å². The van der Waals surface area contributed by atoms with Gasteiger partial charge >= 0.3 is 23.7 Å². The lowest BCUT2D eigenvalue weighted by Gasteiger charge is -2.23. The Bertz CT molecular complexity index is 1040. The number of halogens is 2. The molecule has 4 N–H and O–H groups in total. The molecular weight excluding hydrogens is 502 g/mol. The Morgan fingerprint density at radius 3 is 2.46 bits per heavy atom. The van der Waals surface area contributed by atoms with E-state index in [-0.39, 0.29) is 18.3 Å². The van der Waals surface area contributed by atoms with Gasteiger partial charge in [0.25, 0.3) is 0 Å². The number of carbonyl (C=O) groups excluding carboxylic acids is 3. The molecule has 0 aliphatic carbocycles. The summed E-state index contributed by atoms with van der Waals surface area (Å²) in [4.78, 5) is 53.0. The lowest BCUT2D eigenvalue weighted by molar-refractivity contribution is -0.148. The fourth-order valence-corrected chi connectivity index (χ4v) is 3.15. The molecule has 0 bridgehead atoms. The van der Waals surface area contributed by atoms with Crippen LogP contribution in [0.3, 0.4) is 0 Å². The molecule has 4 atom stereocenters. The van der Waals surface area contributed by atoms with Crippen LogP contribution in [-0.2, 0) is 23.8 Å². The number of aromatic nitrogens is 2. The summed E-state index contributed by atoms with van der Waals surface area (Å²) < 4.78 is 44.2. The Morgan fingerprint density at radius 1 is 1.30 bits per heavy atom. The molecular formula is C22H32F2N4O9. The molecule has 1 aliphatic rings. The molecule has 13 nitrogen and oxygen atoms in total. The molecule has 1 aromatic rings.